The van der Waals surface area contributed by atoms with Gasteiger partial charge < -0.3 is 2.85 Å². The molecule has 36 valence electrons. The molecule has 0 aliphatic heterocycles. The Morgan fingerprint density at radius 3 is 1.12 bits per heavy atom. The van der Waals surface area contributed by atoms with Crippen LogP contribution in [0.25, 0.3) is 0 Å². The third kappa shape index (κ3) is 73.4. The molecule has 0 atom stereocenters. The van der Waals surface area contributed by atoms with Gasteiger partial charge in [0.25, 0.3) is 0 Å². The van der Waals surface area contributed by atoms with E-state index in [1.54, 1.807) is 0 Å². The van der Waals surface area contributed by atoms with Crippen molar-refractivity contribution in [2.24, 2.45) is 0 Å². The van der Waals surface area contributed by atoms with Crippen LogP contribution in [0, 0.1) is 0 Å². The Morgan fingerprint density at radius 2 is 1.12 bits per heavy atom. The summed E-state index contributed by atoms with van der Waals surface area (Å²) in [6.45, 7) is 0. The van der Waals surface area contributed by atoms with Crippen LogP contribution in [0.3, 0.4) is 0 Å². The van der Waals surface area contributed by atoms with Crippen molar-refractivity contribution in [2.75, 3.05) is 0 Å². The second-order valence-electron chi connectivity index (χ2n) is 0.192. The summed E-state index contributed by atoms with van der Waals surface area (Å²) in [4.78, 5) is 0. The normalized spacial score (nSPS) is 2.00. The molecule has 0 saturated heterocycles. The van der Waals surface area contributed by atoms with Gasteiger partial charge in [-0.25, -0.2) is 0 Å². The molecule has 8 heteroatoms. The maximum atomic E-state index is 8.46. The van der Waals surface area contributed by atoms with Crippen LogP contribution in [0.4, 0.5) is 0 Å². The SMILES string of the molecule is [Ba+2].[H-].[H-].[Mg+2].[O]=[Al][O-].[O]=[Al][O-]. The molecule has 0 rings (SSSR count). The molecule has 0 N–H and O–H groups in total. The molecule has 0 aromatic carbocycles. The van der Waals surface area contributed by atoms with Crippen molar-refractivity contribution in [2.45, 2.75) is 0 Å². The average molecular weight is 282 g/mol. The van der Waals surface area contributed by atoms with Crippen molar-refractivity contribution in [3.05, 3.63) is 0 Å². The Labute approximate surface area is 119 Å². The summed E-state index contributed by atoms with van der Waals surface area (Å²) in [6.07, 6.45) is 0. The van der Waals surface area contributed by atoms with E-state index in [0.717, 1.165) is 0 Å². The van der Waals surface area contributed by atoms with Gasteiger partial charge in [-0.3, -0.25) is 0 Å². The summed E-state index contributed by atoms with van der Waals surface area (Å²) in [5.41, 5.74) is 0. The molecule has 0 radical (unpaired) electrons. The number of hydrogen-bond acceptors (Lipinski definition) is 4. The number of hydrogen-bond donors (Lipinski definition) is 0. The predicted octanol–water partition coefficient (Wildman–Crippen LogP) is -3.91. The molecule has 0 heterocycles. The van der Waals surface area contributed by atoms with Crippen molar-refractivity contribution in [3.63, 3.8) is 0 Å². The van der Waals surface area contributed by atoms with E-state index in [1.165, 1.54) is 0 Å². The van der Waals surface area contributed by atoms with E-state index in [9.17, 15) is 0 Å². The second-order valence-corrected chi connectivity index (χ2v) is 0.577. The third-order valence-corrected chi connectivity index (χ3v) is 0. The van der Waals surface area contributed by atoms with E-state index in [0.29, 0.717) is 0 Å². The van der Waals surface area contributed by atoms with Crippen molar-refractivity contribution >= 4 is 103 Å². The zero-order valence-electron chi connectivity index (χ0n) is 6.20. The molecule has 0 spiro atoms. The molecule has 0 fully saturated rings. The van der Waals surface area contributed by atoms with Gasteiger partial charge in [0.1, 0.15) is 0 Å². The van der Waals surface area contributed by atoms with Gasteiger partial charge in [0.15, 0.2) is 0 Å². The molecule has 0 aliphatic rings. The van der Waals surface area contributed by atoms with Crippen LogP contribution in [-0.4, -0.2) is 103 Å². The predicted molar refractivity (Wildman–Crippen MR) is 26.6 cm³/mol. The van der Waals surface area contributed by atoms with Crippen LogP contribution in [0.1, 0.15) is 2.85 Å². The summed E-state index contributed by atoms with van der Waals surface area (Å²) in [5, 5.41) is 0. The summed E-state index contributed by atoms with van der Waals surface area (Å²) in [6, 6.07) is 0. The Kier molecular flexibility index (Phi) is 94.0. The number of rotatable bonds is 0. The maximum absolute atomic E-state index is 8.46. The summed E-state index contributed by atoms with van der Waals surface area (Å²) >= 11 is -3.50. The van der Waals surface area contributed by atoms with Gasteiger partial charge in [0.2, 0.25) is 0 Å². The molecular weight excluding hydrogens is 280 g/mol. The van der Waals surface area contributed by atoms with Gasteiger partial charge >= 0.3 is 119 Å². The molecule has 0 saturated carbocycles. The Balaban J connectivity index is -0.00000000571. The molecule has 0 aliphatic carbocycles. The first-order valence-corrected chi connectivity index (χ1v) is 2.83. The second kappa shape index (κ2) is 33.5. The topological polar surface area (TPSA) is 80.3 Å². The van der Waals surface area contributed by atoms with Gasteiger partial charge in [-0.2, -0.15) is 0 Å². The van der Waals surface area contributed by atoms with Crippen LogP contribution in [0.5, 0.6) is 0 Å². The van der Waals surface area contributed by atoms with E-state index in [4.69, 9.17) is 15.9 Å². The fourth-order valence-corrected chi connectivity index (χ4v) is 0. The Morgan fingerprint density at radius 1 is 1.12 bits per heavy atom. The van der Waals surface area contributed by atoms with E-state index >= 15 is 0 Å². The first kappa shape index (κ1) is 22.4. The van der Waals surface area contributed by atoms with E-state index in [1.807, 2.05) is 0 Å². The Bertz CT molecular complexity index is 42.2. The molecule has 8 heavy (non-hydrogen) atoms. The van der Waals surface area contributed by atoms with Crippen molar-refractivity contribution < 1.29 is 18.8 Å². The minimum atomic E-state index is -1.75. The third-order valence-electron chi connectivity index (χ3n) is 0. The van der Waals surface area contributed by atoms with Crippen molar-refractivity contribution in [1.82, 2.24) is 0 Å². The molecule has 0 amide bonds. The molecule has 0 unspecified atom stereocenters. The zero-order valence-corrected chi connectivity index (χ0v) is 12.4. The first-order valence-electron chi connectivity index (χ1n) is 0.943. The summed E-state index contributed by atoms with van der Waals surface area (Å²) in [5.74, 6) is 0. The molecule has 0 bridgehead atoms. The monoisotopic (exact) mass is 282 g/mol. The summed E-state index contributed by atoms with van der Waals surface area (Å²) < 4.78 is 33.8. The quantitative estimate of drug-likeness (QED) is 0.425. The van der Waals surface area contributed by atoms with Gasteiger partial charge in [-0.1, -0.05) is 0 Å². The van der Waals surface area contributed by atoms with Crippen molar-refractivity contribution in [3.8, 4) is 0 Å². The van der Waals surface area contributed by atoms with Crippen molar-refractivity contribution in [1.29, 1.82) is 0 Å². The average Bonchev–Trinajstić information content (AvgIpc) is 1.39. The van der Waals surface area contributed by atoms with Gasteiger partial charge in [0, 0.05) is 0 Å². The van der Waals surface area contributed by atoms with Gasteiger partial charge in [0.05, 0.1) is 0 Å². The molecular formula is H2Al2BaMgO4. The standard InChI is InChI=1S/2Al.Ba.Mg.4O.2H/q;;2*+2;;;4*-1. The van der Waals surface area contributed by atoms with Crippen LogP contribution in [0.2, 0.25) is 0 Å². The van der Waals surface area contributed by atoms with E-state index in [-0.39, 0.29) is 74.8 Å². The van der Waals surface area contributed by atoms with E-state index < -0.39 is 31.0 Å². The van der Waals surface area contributed by atoms with Crippen LogP contribution in [0.15, 0.2) is 0 Å². The Hall–Kier alpha value is 2.60. The first-order chi connectivity index (χ1) is 2.83. The summed E-state index contributed by atoms with van der Waals surface area (Å²) in [7, 11) is 0. The zero-order chi connectivity index (χ0) is 5.41. The van der Waals surface area contributed by atoms with Crippen LogP contribution in [-0.2, 0) is 7.61 Å². The molecule has 4 nitrogen and oxygen atoms in total. The molecule has 0 aromatic rings. The van der Waals surface area contributed by atoms with E-state index in [2.05, 4.69) is 0 Å². The fourth-order valence-electron chi connectivity index (χ4n) is 0. The fraction of sp³-hybridized carbons (Fsp3) is 0. The van der Waals surface area contributed by atoms with Crippen LogP contribution >= 0.6 is 0 Å². The van der Waals surface area contributed by atoms with Gasteiger partial charge in [-0.15, -0.1) is 0 Å². The minimum absolute atomic E-state index is 0. The van der Waals surface area contributed by atoms with Crippen LogP contribution < -0.4 is 8.32 Å². The van der Waals surface area contributed by atoms with Gasteiger partial charge in [-0.05, 0) is 0 Å². The molecule has 0 aromatic heterocycles.